The van der Waals surface area contributed by atoms with E-state index in [4.69, 9.17) is 0 Å². The Kier molecular flexibility index (Phi) is 5.72. The molecular formula is C10H24N3O+. The van der Waals surface area contributed by atoms with Crippen molar-refractivity contribution >= 4 is 5.96 Å². The molecule has 0 heterocycles. The van der Waals surface area contributed by atoms with Crippen LogP contribution < -0.4 is 0 Å². The first-order chi connectivity index (χ1) is 6.45. The van der Waals surface area contributed by atoms with Crippen LogP contribution in [0.15, 0.2) is 4.99 Å². The van der Waals surface area contributed by atoms with Crippen LogP contribution in [0.5, 0.6) is 0 Å². The van der Waals surface area contributed by atoms with Crippen LogP contribution in [0.2, 0.25) is 0 Å². The molecule has 0 fully saturated rings. The number of rotatable bonds is 4. The first kappa shape index (κ1) is 13.4. The third-order valence-corrected chi connectivity index (χ3v) is 2.06. The maximum absolute atomic E-state index is 9.23. The fourth-order valence-corrected chi connectivity index (χ4v) is 1.27. The minimum atomic E-state index is 0.0726. The molecule has 0 unspecified atom stereocenters. The molecule has 0 rings (SSSR count). The van der Waals surface area contributed by atoms with Crippen LogP contribution in [-0.2, 0) is 0 Å². The number of hydrogen-bond acceptors (Lipinski definition) is 2. The van der Waals surface area contributed by atoms with E-state index < -0.39 is 0 Å². The molecule has 0 aromatic carbocycles. The Bertz CT molecular complexity index is 188. The lowest BCUT2D eigenvalue weighted by molar-refractivity contribution is -0.826. The number of aliphatic imine (C=N–C) groups is 1. The van der Waals surface area contributed by atoms with Gasteiger partial charge in [0.1, 0.15) is 0 Å². The highest BCUT2D eigenvalue weighted by atomic mass is 16.3. The number of aliphatic hydroxyl groups is 1. The molecule has 84 valence electrons. The monoisotopic (exact) mass is 202 g/mol. The lowest BCUT2D eigenvalue weighted by atomic mass is 10.3. The second-order valence-electron chi connectivity index (χ2n) is 4.26. The van der Waals surface area contributed by atoms with Gasteiger partial charge in [-0.15, -0.1) is 0 Å². The van der Waals surface area contributed by atoms with E-state index in [0.717, 1.165) is 25.3 Å². The van der Waals surface area contributed by atoms with Gasteiger partial charge in [-0.05, 0) is 6.42 Å². The fourth-order valence-electron chi connectivity index (χ4n) is 1.27. The molecular weight excluding hydrogens is 178 g/mol. The Balaban J connectivity index is 4.51. The third-order valence-electron chi connectivity index (χ3n) is 2.06. The van der Waals surface area contributed by atoms with E-state index in [-0.39, 0.29) is 6.73 Å². The van der Waals surface area contributed by atoms with Gasteiger partial charge >= 0.3 is 5.96 Å². The fraction of sp³-hybridized carbons (Fsp3) is 0.900. The first-order valence-electron chi connectivity index (χ1n) is 5.12. The average molecular weight is 202 g/mol. The predicted octanol–water partition coefficient (Wildman–Crippen LogP) is 0.730. The Morgan fingerprint density at radius 2 is 1.93 bits per heavy atom. The molecule has 0 radical (unpaired) electrons. The molecule has 4 nitrogen and oxygen atoms in total. The second kappa shape index (κ2) is 5.98. The zero-order valence-electron chi connectivity index (χ0n) is 10.1. The summed E-state index contributed by atoms with van der Waals surface area (Å²) in [6.45, 7) is 3.06. The molecule has 0 aromatic heterocycles. The number of quaternary nitrogens is 1. The quantitative estimate of drug-likeness (QED) is 0.240. The summed E-state index contributed by atoms with van der Waals surface area (Å²) in [5.74, 6) is 0.918. The molecule has 0 amide bonds. The number of hydrogen-bond donors (Lipinski definition) is 1. The summed E-state index contributed by atoms with van der Waals surface area (Å²) in [5, 5.41) is 9.23. The van der Waals surface area contributed by atoms with Crippen molar-refractivity contribution < 1.29 is 9.59 Å². The van der Waals surface area contributed by atoms with E-state index in [1.54, 1.807) is 0 Å². The van der Waals surface area contributed by atoms with Crippen LogP contribution in [-0.4, -0.2) is 61.9 Å². The Morgan fingerprint density at radius 3 is 2.29 bits per heavy atom. The van der Waals surface area contributed by atoms with E-state index in [0.29, 0.717) is 4.48 Å². The molecule has 0 aliphatic rings. The maximum atomic E-state index is 9.23. The molecule has 0 saturated heterocycles. The van der Waals surface area contributed by atoms with Gasteiger partial charge in [0, 0.05) is 20.6 Å². The van der Waals surface area contributed by atoms with Gasteiger partial charge in [0.05, 0.1) is 14.1 Å². The molecule has 0 aliphatic heterocycles. The van der Waals surface area contributed by atoms with Crippen molar-refractivity contribution in [1.29, 1.82) is 0 Å². The van der Waals surface area contributed by atoms with Crippen molar-refractivity contribution in [3.05, 3.63) is 0 Å². The van der Waals surface area contributed by atoms with Gasteiger partial charge in [-0.3, -0.25) is 0 Å². The van der Waals surface area contributed by atoms with Crippen LogP contribution in [0.25, 0.3) is 0 Å². The summed E-state index contributed by atoms with van der Waals surface area (Å²) in [7, 11) is 7.82. The third kappa shape index (κ3) is 4.07. The van der Waals surface area contributed by atoms with Gasteiger partial charge in [0.2, 0.25) is 0 Å². The Labute approximate surface area is 87.4 Å². The first-order valence-corrected chi connectivity index (χ1v) is 5.12. The zero-order valence-corrected chi connectivity index (χ0v) is 10.1. The van der Waals surface area contributed by atoms with Crippen LogP contribution in [0, 0.1) is 0 Å². The summed E-state index contributed by atoms with van der Waals surface area (Å²) in [6.07, 6.45) is 2.25. The van der Waals surface area contributed by atoms with Gasteiger partial charge in [-0.1, -0.05) is 13.3 Å². The highest BCUT2D eigenvalue weighted by Crippen LogP contribution is 2.02. The minimum absolute atomic E-state index is 0.0726. The largest absolute Gasteiger partial charge is 0.347 e. The van der Waals surface area contributed by atoms with Crippen LogP contribution >= 0.6 is 0 Å². The lowest BCUT2D eigenvalue weighted by Gasteiger charge is -2.30. The number of aliphatic hydroxyl groups excluding tert-OH is 1. The standard InChI is InChI=1S/C10H24N3O/c1-6-7-8-11-10(12(2)3)13(4,5)9-14/h14H,6-9H2,1-5H3/q+1. The molecule has 1 N–H and O–H groups in total. The van der Waals surface area contributed by atoms with Crippen LogP contribution in [0.1, 0.15) is 19.8 Å². The molecule has 0 atom stereocenters. The molecule has 0 bridgehead atoms. The molecule has 0 spiro atoms. The normalized spacial score (nSPS) is 13.1. The van der Waals surface area contributed by atoms with E-state index in [1.165, 1.54) is 0 Å². The number of guanidine groups is 1. The van der Waals surface area contributed by atoms with Crippen molar-refractivity contribution in [3.63, 3.8) is 0 Å². The van der Waals surface area contributed by atoms with E-state index >= 15 is 0 Å². The molecule has 14 heavy (non-hydrogen) atoms. The lowest BCUT2D eigenvalue weighted by Crippen LogP contribution is -2.52. The van der Waals surface area contributed by atoms with Gasteiger partial charge < -0.3 is 10.0 Å². The highest BCUT2D eigenvalue weighted by Gasteiger charge is 2.24. The van der Waals surface area contributed by atoms with Crippen molar-refractivity contribution in [2.24, 2.45) is 4.99 Å². The highest BCUT2D eigenvalue weighted by molar-refractivity contribution is 5.72. The summed E-state index contributed by atoms with van der Waals surface area (Å²) in [5.41, 5.74) is 0. The number of nitrogens with zero attached hydrogens (tertiary/aromatic N) is 3. The van der Waals surface area contributed by atoms with Crippen LogP contribution in [0.3, 0.4) is 0 Å². The smallest absolute Gasteiger partial charge is 0.301 e. The molecule has 4 heteroatoms. The van der Waals surface area contributed by atoms with Crippen molar-refractivity contribution in [3.8, 4) is 0 Å². The van der Waals surface area contributed by atoms with Gasteiger partial charge in [-0.25, -0.2) is 9.48 Å². The zero-order chi connectivity index (χ0) is 11.2. The predicted molar refractivity (Wildman–Crippen MR) is 60.1 cm³/mol. The van der Waals surface area contributed by atoms with E-state index in [1.807, 2.05) is 33.1 Å². The number of unbranched alkanes of at least 4 members (excludes halogenated alkanes) is 1. The summed E-state index contributed by atoms with van der Waals surface area (Å²) in [6, 6.07) is 0. The minimum Gasteiger partial charge on any atom is -0.347 e. The Morgan fingerprint density at radius 1 is 1.36 bits per heavy atom. The SMILES string of the molecule is CCCCN=C(N(C)C)[N+](C)(C)CO. The molecule has 0 aliphatic carbocycles. The van der Waals surface area contributed by atoms with Crippen molar-refractivity contribution in [2.45, 2.75) is 19.8 Å². The summed E-state index contributed by atoms with van der Waals surface area (Å²) < 4.78 is 0.413. The van der Waals surface area contributed by atoms with Gasteiger partial charge in [-0.2, -0.15) is 0 Å². The van der Waals surface area contributed by atoms with Crippen molar-refractivity contribution in [2.75, 3.05) is 41.5 Å². The average Bonchev–Trinajstić information content (AvgIpc) is 2.11. The van der Waals surface area contributed by atoms with Crippen LogP contribution in [0.4, 0.5) is 0 Å². The molecule has 0 saturated carbocycles. The summed E-state index contributed by atoms with van der Waals surface area (Å²) in [4.78, 5) is 6.47. The summed E-state index contributed by atoms with van der Waals surface area (Å²) >= 11 is 0. The Hall–Kier alpha value is -0.610. The topological polar surface area (TPSA) is 35.8 Å². The van der Waals surface area contributed by atoms with E-state index in [2.05, 4.69) is 11.9 Å². The molecule has 0 aromatic rings. The maximum Gasteiger partial charge on any atom is 0.301 e. The second-order valence-corrected chi connectivity index (χ2v) is 4.26. The van der Waals surface area contributed by atoms with E-state index in [9.17, 15) is 5.11 Å². The van der Waals surface area contributed by atoms with Crippen molar-refractivity contribution in [1.82, 2.24) is 4.90 Å². The van der Waals surface area contributed by atoms with Gasteiger partial charge in [0.15, 0.2) is 6.73 Å². The van der Waals surface area contributed by atoms with Gasteiger partial charge in [0.25, 0.3) is 0 Å².